The number of nitrogens with zero attached hydrogens (tertiary/aromatic N) is 3. The van der Waals surface area contributed by atoms with Crippen LogP contribution >= 0.6 is 0 Å². The van der Waals surface area contributed by atoms with Gasteiger partial charge in [0, 0.05) is 13.1 Å². The Bertz CT molecular complexity index is 1240. The van der Waals surface area contributed by atoms with Gasteiger partial charge in [-0.25, -0.2) is 4.79 Å². The Kier molecular flexibility index (Phi) is 7.52. The van der Waals surface area contributed by atoms with E-state index in [0.717, 1.165) is 46.3 Å². The van der Waals surface area contributed by atoms with Crippen LogP contribution in [0.2, 0.25) is 0 Å². The van der Waals surface area contributed by atoms with Crippen molar-refractivity contribution in [3.05, 3.63) is 59.3 Å². The van der Waals surface area contributed by atoms with Crippen molar-refractivity contribution in [1.29, 1.82) is 0 Å². The molecule has 3 aromatic rings. The highest BCUT2D eigenvalue weighted by molar-refractivity contribution is 5.88. The van der Waals surface area contributed by atoms with Crippen LogP contribution in [-0.2, 0) is 22.6 Å². The summed E-state index contributed by atoms with van der Waals surface area (Å²) >= 11 is 0. The molecule has 2 heterocycles. The third-order valence-electron chi connectivity index (χ3n) is 6.36. The first-order valence-electron chi connectivity index (χ1n) is 12.5. The zero-order chi connectivity index (χ0) is 25.9. The third kappa shape index (κ3) is 5.80. The van der Waals surface area contributed by atoms with Gasteiger partial charge in [0.1, 0.15) is 17.4 Å². The molecule has 1 saturated heterocycles. The van der Waals surface area contributed by atoms with Gasteiger partial charge in [-0.3, -0.25) is 14.4 Å². The van der Waals surface area contributed by atoms with Crippen LogP contribution in [0.1, 0.15) is 56.9 Å². The number of hydrogen-bond donors (Lipinski definition) is 1. The lowest BCUT2D eigenvalue weighted by atomic mass is 10.0. The molecule has 8 nitrogen and oxygen atoms in total. The van der Waals surface area contributed by atoms with Crippen molar-refractivity contribution < 1.29 is 19.1 Å². The van der Waals surface area contributed by atoms with Crippen LogP contribution in [-0.4, -0.2) is 52.0 Å². The maximum atomic E-state index is 13.1. The Balaban J connectivity index is 1.43. The lowest BCUT2D eigenvalue weighted by Crippen LogP contribution is -2.52. The van der Waals surface area contributed by atoms with Crippen LogP contribution in [0.15, 0.2) is 42.5 Å². The van der Waals surface area contributed by atoms with Crippen LogP contribution in [0, 0.1) is 6.92 Å². The molecule has 4 rings (SSSR count). The highest BCUT2D eigenvalue weighted by Crippen LogP contribution is 2.29. The number of likely N-dealkylation sites (tertiary alicyclic amines) is 1. The van der Waals surface area contributed by atoms with Crippen molar-refractivity contribution in [3.8, 4) is 5.75 Å². The molecule has 0 saturated carbocycles. The van der Waals surface area contributed by atoms with E-state index in [1.807, 2.05) is 62.7 Å². The smallest absolute Gasteiger partial charge is 0.410 e. The minimum absolute atomic E-state index is 0.147. The van der Waals surface area contributed by atoms with Crippen LogP contribution < -0.4 is 10.1 Å². The van der Waals surface area contributed by atoms with Gasteiger partial charge < -0.3 is 14.8 Å². The summed E-state index contributed by atoms with van der Waals surface area (Å²) < 4.78 is 13.0. The maximum absolute atomic E-state index is 13.1. The Morgan fingerprint density at radius 2 is 1.86 bits per heavy atom. The van der Waals surface area contributed by atoms with E-state index in [9.17, 15) is 9.59 Å². The standard InChI is InChI=1S/C28H36N4O4/c1-19-25-22(13-9-14-24(25)35-5)32(30-19)18-21-11-8-10-20(16-21)17-29-26(33)23-12-6-7-15-31(23)27(34)36-28(2,3)4/h8-11,13-14,16,23H,6-7,12,15,17-18H2,1-5H3,(H,29,33). The number of piperidine rings is 1. The molecule has 0 spiro atoms. The van der Waals surface area contributed by atoms with Gasteiger partial charge in [0.05, 0.1) is 30.3 Å². The van der Waals surface area contributed by atoms with Crippen molar-refractivity contribution in [2.24, 2.45) is 0 Å². The first-order chi connectivity index (χ1) is 17.2. The average Bonchev–Trinajstić information content (AvgIpc) is 3.17. The summed E-state index contributed by atoms with van der Waals surface area (Å²) in [6.07, 6.45) is 2.00. The summed E-state index contributed by atoms with van der Waals surface area (Å²) in [7, 11) is 1.67. The summed E-state index contributed by atoms with van der Waals surface area (Å²) in [6, 6.07) is 13.6. The Morgan fingerprint density at radius 1 is 1.11 bits per heavy atom. The monoisotopic (exact) mass is 492 g/mol. The molecule has 36 heavy (non-hydrogen) atoms. The predicted octanol–water partition coefficient (Wildman–Crippen LogP) is 4.81. The molecule has 1 N–H and O–H groups in total. The van der Waals surface area contributed by atoms with Gasteiger partial charge in [-0.15, -0.1) is 0 Å². The van der Waals surface area contributed by atoms with E-state index in [0.29, 0.717) is 26.1 Å². The van der Waals surface area contributed by atoms with Crippen LogP contribution in [0.4, 0.5) is 4.79 Å². The Hall–Kier alpha value is -3.55. The van der Waals surface area contributed by atoms with Crippen molar-refractivity contribution in [2.75, 3.05) is 13.7 Å². The number of carbonyl (C=O) groups excluding carboxylic acids is 2. The van der Waals surface area contributed by atoms with Crippen molar-refractivity contribution >= 4 is 22.9 Å². The van der Waals surface area contributed by atoms with Crippen molar-refractivity contribution in [3.63, 3.8) is 0 Å². The molecule has 192 valence electrons. The molecule has 0 bridgehead atoms. The molecular formula is C28H36N4O4. The van der Waals surface area contributed by atoms with Gasteiger partial charge in [-0.05, 0) is 70.2 Å². The van der Waals surface area contributed by atoms with Crippen LogP contribution in [0.3, 0.4) is 0 Å². The minimum atomic E-state index is -0.598. The summed E-state index contributed by atoms with van der Waals surface area (Å²) in [5.74, 6) is 0.669. The van der Waals surface area contributed by atoms with Crippen LogP contribution in [0.25, 0.3) is 10.9 Å². The van der Waals surface area contributed by atoms with E-state index < -0.39 is 17.7 Å². The topological polar surface area (TPSA) is 85.7 Å². The normalized spacial score (nSPS) is 16.1. The summed E-state index contributed by atoms with van der Waals surface area (Å²) in [5.41, 5.74) is 3.42. The first-order valence-corrected chi connectivity index (χ1v) is 12.5. The van der Waals surface area contributed by atoms with E-state index >= 15 is 0 Å². The van der Waals surface area contributed by atoms with Gasteiger partial charge in [-0.1, -0.05) is 30.3 Å². The second kappa shape index (κ2) is 10.6. The summed E-state index contributed by atoms with van der Waals surface area (Å²) in [4.78, 5) is 27.3. The van der Waals surface area contributed by atoms with Gasteiger partial charge in [-0.2, -0.15) is 5.10 Å². The summed E-state index contributed by atoms with van der Waals surface area (Å²) in [5, 5.41) is 8.77. The predicted molar refractivity (Wildman–Crippen MR) is 139 cm³/mol. The van der Waals surface area contributed by atoms with E-state index in [2.05, 4.69) is 17.4 Å². The molecule has 2 amide bonds. The fourth-order valence-corrected chi connectivity index (χ4v) is 4.73. The molecule has 8 heteroatoms. The highest BCUT2D eigenvalue weighted by atomic mass is 16.6. The van der Waals surface area contributed by atoms with Gasteiger partial charge >= 0.3 is 6.09 Å². The van der Waals surface area contributed by atoms with E-state index in [1.54, 1.807) is 12.0 Å². The first kappa shape index (κ1) is 25.5. The number of carbonyl (C=O) groups is 2. The SMILES string of the molecule is COc1cccc2c1c(C)nn2Cc1cccc(CNC(=O)C2CCCCN2C(=O)OC(C)(C)C)c1. The van der Waals surface area contributed by atoms with E-state index in [-0.39, 0.29) is 5.91 Å². The number of rotatable bonds is 6. The van der Waals surface area contributed by atoms with Gasteiger partial charge in [0.25, 0.3) is 0 Å². The molecule has 2 aromatic carbocycles. The number of hydrogen-bond acceptors (Lipinski definition) is 5. The Labute approximate surface area is 212 Å². The molecule has 1 aliphatic heterocycles. The quantitative estimate of drug-likeness (QED) is 0.534. The van der Waals surface area contributed by atoms with E-state index in [4.69, 9.17) is 14.6 Å². The second-order valence-corrected chi connectivity index (χ2v) is 10.3. The second-order valence-electron chi connectivity index (χ2n) is 10.3. The summed E-state index contributed by atoms with van der Waals surface area (Å²) in [6.45, 7) is 9.01. The molecule has 1 aliphatic rings. The number of nitrogens with one attached hydrogen (secondary N) is 1. The number of amides is 2. The van der Waals surface area contributed by atoms with Gasteiger partial charge in [0.2, 0.25) is 5.91 Å². The fourth-order valence-electron chi connectivity index (χ4n) is 4.73. The third-order valence-corrected chi connectivity index (χ3v) is 6.36. The zero-order valence-electron chi connectivity index (χ0n) is 21.8. The zero-order valence-corrected chi connectivity index (χ0v) is 21.8. The lowest BCUT2D eigenvalue weighted by molar-refractivity contribution is -0.127. The molecular weight excluding hydrogens is 456 g/mol. The number of benzene rings is 2. The number of methoxy groups -OCH3 is 1. The average molecular weight is 493 g/mol. The fraction of sp³-hybridized carbons (Fsp3) is 0.464. The molecule has 1 aromatic heterocycles. The highest BCUT2D eigenvalue weighted by Gasteiger charge is 2.34. The number of aromatic nitrogens is 2. The molecule has 1 atom stereocenters. The number of aryl methyl sites for hydroxylation is 1. The molecule has 1 fully saturated rings. The molecule has 1 unspecified atom stereocenters. The maximum Gasteiger partial charge on any atom is 0.410 e. The van der Waals surface area contributed by atoms with E-state index in [1.165, 1.54) is 0 Å². The Morgan fingerprint density at radius 3 is 2.61 bits per heavy atom. The van der Waals surface area contributed by atoms with Crippen LogP contribution in [0.5, 0.6) is 5.75 Å². The molecule has 0 radical (unpaired) electrons. The van der Waals surface area contributed by atoms with Gasteiger partial charge in [0.15, 0.2) is 0 Å². The number of ether oxygens (including phenoxy) is 2. The number of fused-ring (bicyclic) bond motifs is 1. The minimum Gasteiger partial charge on any atom is -0.496 e. The van der Waals surface area contributed by atoms with Crippen molar-refractivity contribution in [2.45, 2.75) is 71.7 Å². The largest absolute Gasteiger partial charge is 0.496 e. The molecule has 0 aliphatic carbocycles. The van der Waals surface area contributed by atoms with Crippen molar-refractivity contribution in [1.82, 2.24) is 20.0 Å². The lowest BCUT2D eigenvalue weighted by Gasteiger charge is -2.35.